The quantitative estimate of drug-likeness (QED) is 0.138. The second-order valence-corrected chi connectivity index (χ2v) is 21.6. The summed E-state index contributed by atoms with van der Waals surface area (Å²) in [5.74, 6) is -1.54. The average molecular weight is 901 g/mol. The standard InChI is InChI=1S/C49H64N4O10S/c1-9-31-20-30(4)12-10-11-13-33-25-49(33,47(57)52-64(58,59)37-16-17-37)26-43(54)42-23-36(28-53(42)46(56)39(31)24-44(55)63-48(5,6)7)62-45-38-18-14-34(60-8)21-32(38)22-41(51-45)40-19-15-35(27-50-40)61-29(2)3/h11,13-15,18-19,21-22,27,29-31,33,36-37,39,42H,9-10,12,16-17,20,23-26,28H2,1-8H3,(H,52,57)/b13-11-/t30-,31+,33+,36+,39-,42-,49+/m0/s1. The number of fused-ring (bicyclic) bond motifs is 3. The van der Waals surface area contributed by atoms with Gasteiger partial charge < -0.3 is 23.8 Å². The summed E-state index contributed by atoms with van der Waals surface area (Å²) in [6.45, 7) is 13.4. The molecule has 0 spiro atoms. The predicted octanol–water partition coefficient (Wildman–Crippen LogP) is 7.77. The summed E-state index contributed by atoms with van der Waals surface area (Å²) in [6.07, 6.45) is 8.60. The molecule has 14 nitrogen and oxygen atoms in total. The first kappa shape index (κ1) is 46.9. The first-order valence-electron chi connectivity index (χ1n) is 22.9. The van der Waals surface area contributed by atoms with Crippen molar-refractivity contribution in [1.82, 2.24) is 19.6 Å². The van der Waals surface area contributed by atoms with Crippen molar-refractivity contribution in [3.05, 3.63) is 54.7 Å². The summed E-state index contributed by atoms with van der Waals surface area (Å²) in [5.41, 5.74) is -0.973. The lowest BCUT2D eigenvalue weighted by Crippen LogP contribution is -2.48. The van der Waals surface area contributed by atoms with Gasteiger partial charge in [0, 0.05) is 18.2 Å². The van der Waals surface area contributed by atoms with E-state index in [1.165, 1.54) is 0 Å². The topological polar surface area (TPSA) is 180 Å². The van der Waals surface area contributed by atoms with Crippen LogP contribution in [0, 0.1) is 29.1 Å². The SMILES string of the molecule is CC[C@@H]1C[C@@H](C)CC/C=C\[C@@H]2C[C@@]2(C(=O)NS(=O)(=O)C2CC2)CC(=O)[C@@H]2C[C@@H](Oc3nc(-c4ccc(OC(C)C)cn4)cc4cc(OC)ccc34)CN2C(=O)[C@H]1CC(=O)OC(C)(C)C. The zero-order valence-electron chi connectivity index (χ0n) is 38.4. The van der Waals surface area contributed by atoms with E-state index in [0.717, 1.165) is 11.8 Å². The molecule has 7 atom stereocenters. The van der Waals surface area contributed by atoms with E-state index in [0.29, 0.717) is 66.8 Å². The number of hydrogen-bond acceptors (Lipinski definition) is 12. The van der Waals surface area contributed by atoms with E-state index in [1.807, 2.05) is 63.3 Å². The molecule has 0 bridgehead atoms. The number of sulfonamides is 1. The van der Waals surface area contributed by atoms with Crippen molar-refractivity contribution in [2.45, 2.75) is 142 Å². The maximum absolute atomic E-state index is 15.3. The molecule has 7 rings (SSSR count). The van der Waals surface area contributed by atoms with Crippen molar-refractivity contribution in [3.8, 4) is 28.8 Å². The molecule has 2 amide bonds. The summed E-state index contributed by atoms with van der Waals surface area (Å²) in [6, 6.07) is 10.0. The van der Waals surface area contributed by atoms with Gasteiger partial charge in [0.2, 0.25) is 27.7 Å². The number of carbonyl (C=O) groups excluding carboxylic acids is 4. The number of aromatic nitrogens is 2. The smallest absolute Gasteiger partial charge is 0.307 e. The lowest BCUT2D eigenvalue weighted by molar-refractivity contribution is -0.160. The van der Waals surface area contributed by atoms with Gasteiger partial charge in [-0.3, -0.25) is 28.9 Å². The van der Waals surface area contributed by atoms with E-state index >= 15 is 4.79 Å². The van der Waals surface area contributed by atoms with E-state index in [9.17, 15) is 22.8 Å². The summed E-state index contributed by atoms with van der Waals surface area (Å²) in [7, 11) is -2.30. The third-order valence-corrected chi connectivity index (χ3v) is 14.8. The minimum absolute atomic E-state index is 0.00762. The zero-order valence-corrected chi connectivity index (χ0v) is 39.2. The molecule has 2 aromatic heterocycles. The van der Waals surface area contributed by atoms with Crippen LogP contribution in [0.4, 0.5) is 0 Å². The number of rotatable bonds is 12. The first-order chi connectivity index (χ1) is 30.3. The van der Waals surface area contributed by atoms with E-state index in [2.05, 4.69) is 16.6 Å². The minimum Gasteiger partial charge on any atom is -0.497 e. The molecular formula is C49H64N4O10S. The third-order valence-electron chi connectivity index (χ3n) is 13.0. The number of benzene rings is 1. The summed E-state index contributed by atoms with van der Waals surface area (Å²) in [5, 5.41) is 0.824. The number of amides is 2. The molecule has 3 aromatic rings. The third kappa shape index (κ3) is 10.9. The van der Waals surface area contributed by atoms with Crippen LogP contribution in [0.1, 0.15) is 113 Å². The van der Waals surface area contributed by atoms with Gasteiger partial charge in [0.05, 0.1) is 66.4 Å². The number of ether oxygens (including phenoxy) is 4. The molecule has 346 valence electrons. The Kier molecular flexibility index (Phi) is 13.8. The van der Waals surface area contributed by atoms with Gasteiger partial charge in [0.1, 0.15) is 23.2 Å². The number of hydrogen-bond donors (Lipinski definition) is 1. The molecule has 2 saturated carbocycles. The van der Waals surface area contributed by atoms with Gasteiger partial charge in [0.25, 0.3) is 0 Å². The molecule has 1 N–H and O–H groups in total. The highest BCUT2D eigenvalue weighted by Crippen LogP contribution is 2.57. The zero-order chi connectivity index (χ0) is 46.1. The molecule has 1 saturated heterocycles. The van der Waals surface area contributed by atoms with Crippen LogP contribution in [0.25, 0.3) is 22.2 Å². The molecule has 15 heteroatoms. The lowest BCUT2D eigenvalue weighted by Gasteiger charge is -2.33. The van der Waals surface area contributed by atoms with E-state index in [4.69, 9.17) is 23.9 Å². The Morgan fingerprint density at radius 2 is 1.77 bits per heavy atom. The van der Waals surface area contributed by atoms with Crippen LogP contribution in [0.5, 0.6) is 17.4 Å². The number of ketones is 1. The lowest BCUT2D eigenvalue weighted by atomic mass is 9.79. The Morgan fingerprint density at radius 1 is 1.02 bits per heavy atom. The van der Waals surface area contributed by atoms with Crippen molar-refractivity contribution >= 4 is 44.4 Å². The molecule has 4 aliphatic rings. The molecule has 0 unspecified atom stereocenters. The minimum atomic E-state index is -3.89. The van der Waals surface area contributed by atoms with Crippen LogP contribution in [0.15, 0.2) is 54.7 Å². The second kappa shape index (κ2) is 18.8. The number of pyridine rings is 2. The second-order valence-electron chi connectivity index (χ2n) is 19.6. The van der Waals surface area contributed by atoms with E-state index < -0.39 is 56.2 Å². The van der Waals surface area contributed by atoms with Crippen LogP contribution in [0.2, 0.25) is 0 Å². The van der Waals surface area contributed by atoms with Crippen molar-refractivity contribution in [2.75, 3.05) is 13.7 Å². The number of nitrogens with one attached hydrogen (secondary N) is 1. The molecule has 4 heterocycles. The number of carbonyl (C=O) groups is 4. The van der Waals surface area contributed by atoms with Crippen molar-refractivity contribution in [2.24, 2.45) is 29.1 Å². The molecule has 2 aliphatic carbocycles. The first-order valence-corrected chi connectivity index (χ1v) is 24.4. The molecule has 1 aromatic carbocycles. The van der Waals surface area contributed by atoms with Gasteiger partial charge in [0.15, 0.2) is 5.78 Å². The maximum Gasteiger partial charge on any atom is 0.307 e. The summed E-state index contributed by atoms with van der Waals surface area (Å²) < 4.78 is 52.4. The molecule has 0 radical (unpaired) electrons. The van der Waals surface area contributed by atoms with Crippen LogP contribution in [0.3, 0.4) is 0 Å². The van der Waals surface area contributed by atoms with Gasteiger partial charge in [-0.15, -0.1) is 0 Å². The largest absolute Gasteiger partial charge is 0.497 e. The Bertz CT molecular complexity index is 2370. The van der Waals surface area contributed by atoms with Crippen LogP contribution >= 0.6 is 0 Å². The Hall–Kier alpha value is -5.05. The Labute approximate surface area is 377 Å². The molecule has 64 heavy (non-hydrogen) atoms. The summed E-state index contributed by atoms with van der Waals surface area (Å²) >= 11 is 0. The van der Waals surface area contributed by atoms with Gasteiger partial charge >= 0.3 is 5.97 Å². The van der Waals surface area contributed by atoms with Crippen LogP contribution < -0.4 is 18.9 Å². The fourth-order valence-corrected chi connectivity index (χ4v) is 10.8. The fraction of sp³-hybridized carbons (Fsp3) is 0.592. The van der Waals surface area contributed by atoms with Crippen LogP contribution in [-0.4, -0.2) is 89.6 Å². The van der Waals surface area contributed by atoms with Gasteiger partial charge in [-0.2, -0.15) is 0 Å². The molecule has 2 aliphatic heterocycles. The number of nitrogens with zero attached hydrogens (tertiary/aromatic N) is 3. The number of Topliss-reactive ketones (excluding diaryl/α,β-unsaturated/α-hetero) is 1. The fourth-order valence-electron chi connectivity index (χ4n) is 9.39. The van der Waals surface area contributed by atoms with E-state index in [1.54, 1.807) is 45.0 Å². The highest BCUT2D eigenvalue weighted by molar-refractivity contribution is 7.90. The highest BCUT2D eigenvalue weighted by Gasteiger charge is 2.61. The summed E-state index contributed by atoms with van der Waals surface area (Å²) in [4.78, 5) is 69.0. The Morgan fingerprint density at radius 3 is 2.42 bits per heavy atom. The van der Waals surface area contributed by atoms with Crippen molar-refractivity contribution in [1.29, 1.82) is 0 Å². The normalized spacial score (nSPS) is 27.2. The van der Waals surface area contributed by atoms with Crippen molar-refractivity contribution in [3.63, 3.8) is 0 Å². The number of methoxy groups -OCH3 is 1. The van der Waals surface area contributed by atoms with Gasteiger partial charge in [-0.1, -0.05) is 32.4 Å². The molecular weight excluding hydrogens is 837 g/mol. The van der Waals surface area contributed by atoms with E-state index in [-0.39, 0.29) is 67.2 Å². The highest BCUT2D eigenvalue weighted by atomic mass is 32.2. The average Bonchev–Trinajstić information content (AvgIpc) is 4.16. The monoisotopic (exact) mass is 900 g/mol. The van der Waals surface area contributed by atoms with Crippen LogP contribution in [-0.2, 0) is 33.9 Å². The van der Waals surface area contributed by atoms with Crippen molar-refractivity contribution < 1.29 is 46.5 Å². The predicted molar refractivity (Wildman–Crippen MR) is 242 cm³/mol. The van der Waals surface area contributed by atoms with Gasteiger partial charge in [-0.05, 0) is 133 Å². The molecule has 3 fully saturated rings. The number of allylic oxidation sites excluding steroid dienone is 2. The van der Waals surface area contributed by atoms with Gasteiger partial charge in [-0.25, -0.2) is 13.4 Å². The maximum atomic E-state index is 15.3. The Balaban J connectivity index is 1.27. The number of esters is 1.